The first-order valence-electron chi connectivity index (χ1n) is 9.74. The van der Waals surface area contributed by atoms with Crippen molar-refractivity contribution in [3.8, 4) is 16.9 Å². The van der Waals surface area contributed by atoms with Gasteiger partial charge in [0, 0.05) is 24.1 Å². The maximum Gasteiger partial charge on any atom is 0.405 e. The minimum absolute atomic E-state index is 0.329. The molecule has 0 spiro atoms. The van der Waals surface area contributed by atoms with E-state index in [1.165, 1.54) is 0 Å². The summed E-state index contributed by atoms with van der Waals surface area (Å²) in [7, 11) is 0. The molecule has 0 saturated carbocycles. The fraction of sp³-hybridized carbons (Fsp3) is 0.409. The highest BCUT2D eigenvalue weighted by Crippen LogP contribution is 2.44. The fourth-order valence-electron chi connectivity index (χ4n) is 3.99. The average Bonchev–Trinajstić information content (AvgIpc) is 2.70. The molecule has 2 aliphatic heterocycles. The Kier molecular flexibility index (Phi) is 5.32. The minimum Gasteiger partial charge on any atom is -0.493 e. The Balaban J connectivity index is 1.64. The van der Waals surface area contributed by atoms with Gasteiger partial charge in [-0.1, -0.05) is 43.6 Å². The lowest BCUT2D eigenvalue weighted by Gasteiger charge is -2.39. The van der Waals surface area contributed by atoms with Crippen LogP contribution in [0, 0.1) is 5.41 Å². The molecule has 2 heterocycles. The van der Waals surface area contributed by atoms with Crippen LogP contribution in [-0.4, -0.2) is 44.1 Å². The summed E-state index contributed by atoms with van der Waals surface area (Å²) in [5.41, 5.74) is 3.50. The van der Waals surface area contributed by atoms with E-state index in [1.807, 2.05) is 44.2 Å². The van der Waals surface area contributed by atoms with Gasteiger partial charge >= 0.3 is 6.09 Å². The molecule has 6 nitrogen and oxygen atoms in total. The molecule has 2 aliphatic rings. The zero-order valence-electron chi connectivity index (χ0n) is 16.6. The number of fused-ring (bicyclic) bond motifs is 1. The van der Waals surface area contributed by atoms with Crippen molar-refractivity contribution >= 4 is 23.4 Å². The van der Waals surface area contributed by atoms with E-state index >= 15 is 0 Å². The Bertz CT molecular complexity index is 925. The number of ether oxygens (including phenoxy) is 2. The van der Waals surface area contributed by atoms with E-state index in [2.05, 4.69) is 16.3 Å². The van der Waals surface area contributed by atoms with Crippen molar-refractivity contribution in [1.82, 2.24) is 5.32 Å². The van der Waals surface area contributed by atoms with Crippen molar-refractivity contribution in [2.24, 2.45) is 5.41 Å². The van der Waals surface area contributed by atoms with Crippen LogP contribution in [0.1, 0.15) is 25.5 Å². The number of benzene rings is 2. The van der Waals surface area contributed by atoms with Gasteiger partial charge in [0.05, 0.1) is 36.6 Å². The minimum atomic E-state index is -1.04. The molecular formula is C22H25ClN2O4. The van der Waals surface area contributed by atoms with Gasteiger partial charge in [-0.3, -0.25) is 0 Å². The number of carbonyl (C=O) groups is 1. The summed E-state index contributed by atoms with van der Waals surface area (Å²) in [4.78, 5) is 13.5. The van der Waals surface area contributed by atoms with E-state index in [0.29, 0.717) is 30.6 Å². The highest BCUT2D eigenvalue weighted by Gasteiger charge is 2.38. The van der Waals surface area contributed by atoms with Crippen LogP contribution in [0.15, 0.2) is 36.4 Å². The van der Waals surface area contributed by atoms with Gasteiger partial charge in [-0.25, -0.2) is 4.79 Å². The van der Waals surface area contributed by atoms with Gasteiger partial charge in [0.2, 0.25) is 0 Å². The Labute approximate surface area is 175 Å². The first-order valence-corrected chi connectivity index (χ1v) is 10.1. The fourth-order valence-corrected chi connectivity index (χ4v) is 4.29. The van der Waals surface area contributed by atoms with E-state index in [0.717, 1.165) is 35.5 Å². The number of morpholine rings is 1. The summed E-state index contributed by atoms with van der Waals surface area (Å²) < 4.78 is 11.4. The normalized spacial score (nSPS) is 20.5. The number of amides is 1. The second kappa shape index (κ2) is 7.76. The van der Waals surface area contributed by atoms with Crippen molar-refractivity contribution in [2.45, 2.75) is 19.9 Å². The number of anilines is 1. The van der Waals surface area contributed by atoms with E-state index < -0.39 is 6.09 Å². The van der Waals surface area contributed by atoms with Crippen LogP contribution in [0.3, 0.4) is 0 Å². The highest BCUT2D eigenvalue weighted by molar-refractivity contribution is 6.33. The smallest absolute Gasteiger partial charge is 0.405 e. The molecule has 1 saturated heterocycles. The predicted octanol–water partition coefficient (Wildman–Crippen LogP) is 4.57. The van der Waals surface area contributed by atoms with Gasteiger partial charge in [0.15, 0.2) is 0 Å². The van der Waals surface area contributed by atoms with Gasteiger partial charge in [0.1, 0.15) is 5.75 Å². The summed E-state index contributed by atoms with van der Waals surface area (Å²) in [5.74, 6) is 0.703. The Morgan fingerprint density at radius 1 is 1.17 bits per heavy atom. The molecule has 154 valence electrons. The predicted molar refractivity (Wildman–Crippen MR) is 113 cm³/mol. The van der Waals surface area contributed by atoms with Crippen molar-refractivity contribution in [2.75, 3.05) is 37.8 Å². The quantitative estimate of drug-likeness (QED) is 0.766. The second-order valence-electron chi connectivity index (χ2n) is 8.18. The third-order valence-corrected chi connectivity index (χ3v) is 5.91. The number of hydrogen-bond donors (Lipinski definition) is 2. The number of halogens is 1. The third kappa shape index (κ3) is 4.00. The molecule has 0 aromatic heterocycles. The summed E-state index contributed by atoms with van der Waals surface area (Å²) >= 11 is 6.58. The molecule has 2 aromatic carbocycles. The Morgan fingerprint density at radius 3 is 2.55 bits per heavy atom. The van der Waals surface area contributed by atoms with Crippen LogP contribution in [0.5, 0.6) is 5.75 Å². The van der Waals surface area contributed by atoms with Crippen LogP contribution in [0.4, 0.5) is 10.5 Å². The highest BCUT2D eigenvalue weighted by atomic mass is 35.5. The number of carboxylic acid groups (broad SMARTS) is 1. The molecular weight excluding hydrogens is 392 g/mol. The average molecular weight is 417 g/mol. The van der Waals surface area contributed by atoms with Crippen molar-refractivity contribution in [3.63, 3.8) is 0 Å². The molecule has 29 heavy (non-hydrogen) atoms. The molecule has 0 radical (unpaired) electrons. The van der Waals surface area contributed by atoms with Crippen molar-refractivity contribution in [1.29, 1.82) is 0 Å². The van der Waals surface area contributed by atoms with Gasteiger partial charge < -0.3 is 24.8 Å². The molecule has 2 N–H and O–H groups in total. The van der Waals surface area contributed by atoms with Crippen LogP contribution < -0.4 is 15.0 Å². The Hall–Kier alpha value is -2.44. The van der Waals surface area contributed by atoms with Crippen LogP contribution in [0.2, 0.25) is 5.02 Å². The maximum atomic E-state index is 11.3. The van der Waals surface area contributed by atoms with Crippen molar-refractivity contribution < 1.29 is 19.4 Å². The molecule has 2 aromatic rings. The lowest BCUT2D eigenvalue weighted by molar-refractivity contribution is 0.0996. The molecule has 1 amide bonds. The summed E-state index contributed by atoms with van der Waals surface area (Å²) in [5, 5.41) is 12.6. The topological polar surface area (TPSA) is 71.0 Å². The standard InChI is InChI=1S/C22H25ClN2O4/c1-22(2)13-29-19-12-15(3-5-16(19)20(22)24-21(26)27)14-4-6-18(17(23)11-14)25-7-9-28-10-8-25/h3-6,11-12,20,24H,7-10,13H2,1-2H3,(H,26,27). The summed E-state index contributed by atoms with van der Waals surface area (Å²) in [6.45, 7) is 7.51. The van der Waals surface area contributed by atoms with E-state index in [-0.39, 0.29) is 11.5 Å². The largest absolute Gasteiger partial charge is 0.493 e. The molecule has 1 unspecified atom stereocenters. The molecule has 4 rings (SSSR count). The van der Waals surface area contributed by atoms with Gasteiger partial charge in [-0.2, -0.15) is 0 Å². The van der Waals surface area contributed by atoms with Crippen LogP contribution in [-0.2, 0) is 4.74 Å². The zero-order valence-corrected chi connectivity index (χ0v) is 17.3. The third-order valence-electron chi connectivity index (χ3n) is 5.61. The van der Waals surface area contributed by atoms with Gasteiger partial charge in [-0.15, -0.1) is 0 Å². The molecule has 1 fully saturated rings. The van der Waals surface area contributed by atoms with Gasteiger partial charge in [0.25, 0.3) is 0 Å². The van der Waals surface area contributed by atoms with Crippen LogP contribution >= 0.6 is 11.6 Å². The van der Waals surface area contributed by atoms with E-state index in [1.54, 1.807) is 0 Å². The lowest BCUT2D eigenvalue weighted by Crippen LogP contribution is -2.43. The SMILES string of the molecule is CC1(C)COc2cc(-c3ccc(N4CCOCC4)c(Cl)c3)ccc2C1NC(=O)O. The number of rotatable bonds is 3. The number of nitrogens with zero attached hydrogens (tertiary/aromatic N) is 1. The van der Waals surface area contributed by atoms with Gasteiger partial charge in [-0.05, 0) is 29.3 Å². The Morgan fingerprint density at radius 2 is 1.86 bits per heavy atom. The zero-order chi connectivity index (χ0) is 20.6. The summed E-state index contributed by atoms with van der Waals surface area (Å²) in [6.07, 6.45) is -1.04. The van der Waals surface area contributed by atoms with Crippen LogP contribution in [0.25, 0.3) is 11.1 Å². The van der Waals surface area contributed by atoms with E-state index in [4.69, 9.17) is 21.1 Å². The lowest BCUT2D eigenvalue weighted by atomic mass is 9.78. The van der Waals surface area contributed by atoms with Crippen molar-refractivity contribution in [3.05, 3.63) is 47.0 Å². The maximum absolute atomic E-state index is 11.3. The monoisotopic (exact) mass is 416 g/mol. The first kappa shape index (κ1) is 19.9. The molecule has 1 atom stereocenters. The summed E-state index contributed by atoms with van der Waals surface area (Å²) in [6, 6.07) is 11.6. The van der Waals surface area contributed by atoms with E-state index in [9.17, 15) is 9.90 Å². The molecule has 7 heteroatoms. The molecule has 0 bridgehead atoms. The first-order chi connectivity index (χ1) is 13.8. The number of nitrogens with one attached hydrogen (secondary N) is 1. The second-order valence-corrected chi connectivity index (χ2v) is 8.59. The molecule has 0 aliphatic carbocycles. The number of hydrogen-bond acceptors (Lipinski definition) is 4.